The maximum Gasteiger partial charge on any atom is 0.323 e. The fourth-order valence-electron chi connectivity index (χ4n) is 2.90. The lowest BCUT2D eigenvalue weighted by atomic mass is 10.1. The Kier molecular flexibility index (Phi) is 6.01. The highest BCUT2D eigenvalue weighted by Crippen LogP contribution is 2.21. The molecule has 1 heterocycles. The smallest absolute Gasteiger partial charge is 0.323 e. The molecule has 2 aromatic rings. The standard InChI is InChI=1S/C17H22N4O5S/c1-10-7-11(2)15(12(3)8-10)27(25,26)20-13(17(23)24)9-18-16(22)14-5-6-19-21(14)4/h5-8,13,20H,9H2,1-4H3,(H,18,22)(H,23,24)/t13-/m0/s1. The molecule has 3 N–H and O–H groups in total. The summed E-state index contributed by atoms with van der Waals surface area (Å²) >= 11 is 0. The van der Waals surface area contributed by atoms with Gasteiger partial charge in [0.2, 0.25) is 10.0 Å². The van der Waals surface area contributed by atoms with E-state index in [1.807, 2.05) is 6.92 Å². The largest absolute Gasteiger partial charge is 0.480 e. The van der Waals surface area contributed by atoms with Gasteiger partial charge >= 0.3 is 5.97 Å². The molecule has 0 aliphatic heterocycles. The molecule has 10 heteroatoms. The molecular weight excluding hydrogens is 372 g/mol. The molecule has 0 spiro atoms. The summed E-state index contributed by atoms with van der Waals surface area (Å²) in [5.41, 5.74) is 2.17. The Hall–Kier alpha value is -2.72. The number of rotatable bonds is 7. The van der Waals surface area contributed by atoms with Crippen molar-refractivity contribution in [2.45, 2.75) is 31.7 Å². The second kappa shape index (κ2) is 7.89. The van der Waals surface area contributed by atoms with Gasteiger partial charge in [-0.1, -0.05) is 17.7 Å². The number of amides is 1. The molecule has 1 amide bonds. The van der Waals surface area contributed by atoms with Crippen molar-refractivity contribution in [3.05, 3.63) is 46.8 Å². The van der Waals surface area contributed by atoms with Crippen LogP contribution in [0.4, 0.5) is 0 Å². The zero-order chi connectivity index (χ0) is 20.4. The third-order valence-electron chi connectivity index (χ3n) is 3.99. The Labute approximate surface area is 157 Å². The van der Waals surface area contributed by atoms with Crippen LogP contribution in [0, 0.1) is 20.8 Å². The van der Waals surface area contributed by atoms with Gasteiger partial charge in [-0.25, -0.2) is 8.42 Å². The quantitative estimate of drug-likeness (QED) is 0.627. The van der Waals surface area contributed by atoms with E-state index in [1.54, 1.807) is 33.0 Å². The molecular formula is C17H22N4O5S. The van der Waals surface area contributed by atoms with Gasteiger partial charge in [-0.2, -0.15) is 9.82 Å². The molecule has 146 valence electrons. The average Bonchev–Trinajstić information content (AvgIpc) is 2.95. The van der Waals surface area contributed by atoms with Crippen LogP contribution < -0.4 is 10.0 Å². The molecule has 0 aliphatic rings. The number of aliphatic carboxylic acids is 1. The van der Waals surface area contributed by atoms with E-state index < -0.39 is 34.5 Å². The number of nitrogens with one attached hydrogen (secondary N) is 2. The Morgan fingerprint density at radius 3 is 2.30 bits per heavy atom. The number of hydrogen-bond acceptors (Lipinski definition) is 5. The molecule has 2 rings (SSSR count). The zero-order valence-corrected chi connectivity index (χ0v) is 16.3. The summed E-state index contributed by atoms with van der Waals surface area (Å²) in [6, 6.07) is 3.37. The van der Waals surface area contributed by atoms with E-state index in [9.17, 15) is 23.1 Å². The van der Waals surface area contributed by atoms with Crippen molar-refractivity contribution in [1.82, 2.24) is 19.8 Å². The third-order valence-corrected chi connectivity index (χ3v) is 5.77. The van der Waals surface area contributed by atoms with Gasteiger partial charge in [-0.05, 0) is 38.0 Å². The molecule has 0 aliphatic carbocycles. The number of benzene rings is 1. The van der Waals surface area contributed by atoms with E-state index in [0.29, 0.717) is 11.1 Å². The van der Waals surface area contributed by atoms with Crippen molar-refractivity contribution in [2.75, 3.05) is 6.54 Å². The van der Waals surface area contributed by atoms with Crippen molar-refractivity contribution in [3.63, 3.8) is 0 Å². The van der Waals surface area contributed by atoms with Gasteiger partial charge in [0, 0.05) is 19.8 Å². The van der Waals surface area contributed by atoms with Crippen molar-refractivity contribution in [3.8, 4) is 0 Å². The first-order valence-corrected chi connectivity index (χ1v) is 9.60. The number of nitrogens with zero attached hydrogens (tertiary/aromatic N) is 2. The minimum Gasteiger partial charge on any atom is -0.480 e. The van der Waals surface area contributed by atoms with E-state index >= 15 is 0 Å². The van der Waals surface area contributed by atoms with Crippen LogP contribution >= 0.6 is 0 Å². The topological polar surface area (TPSA) is 130 Å². The summed E-state index contributed by atoms with van der Waals surface area (Å²) in [7, 11) is -2.53. The zero-order valence-electron chi connectivity index (χ0n) is 15.5. The lowest BCUT2D eigenvalue weighted by molar-refractivity contribution is -0.138. The van der Waals surface area contributed by atoms with Crippen LogP contribution in [0.2, 0.25) is 0 Å². The van der Waals surface area contributed by atoms with Gasteiger partial charge in [-0.15, -0.1) is 0 Å². The number of carboxylic acid groups (broad SMARTS) is 1. The Morgan fingerprint density at radius 2 is 1.81 bits per heavy atom. The van der Waals surface area contributed by atoms with E-state index in [-0.39, 0.29) is 10.6 Å². The van der Waals surface area contributed by atoms with Gasteiger partial charge in [-0.3, -0.25) is 14.3 Å². The number of aryl methyl sites for hydroxylation is 4. The number of carboxylic acids is 1. The predicted molar refractivity (Wildman–Crippen MR) is 97.9 cm³/mol. The maximum absolute atomic E-state index is 12.7. The number of hydrogen-bond donors (Lipinski definition) is 3. The van der Waals surface area contributed by atoms with Gasteiger partial charge in [0.15, 0.2) is 0 Å². The number of carbonyl (C=O) groups excluding carboxylic acids is 1. The summed E-state index contributed by atoms with van der Waals surface area (Å²) in [5, 5.41) is 15.6. The molecule has 27 heavy (non-hydrogen) atoms. The molecule has 0 radical (unpaired) electrons. The molecule has 1 aromatic heterocycles. The molecule has 0 saturated heterocycles. The Morgan fingerprint density at radius 1 is 1.22 bits per heavy atom. The predicted octanol–water partition coefficient (Wildman–Crippen LogP) is 0.507. The van der Waals surface area contributed by atoms with Crippen LogP contribution in [0.15, 0.2) is 29.3 Å². The van der Waals surface area contributed by atoms with Crippen molar-refractivity contribution in [2.24, 2.45) is 7.05 Å². The fourth-order valence-corrected chi connectivity index (χ4v) is 4.54. The lowest BCUT2D eigenvalue weighted by Gasteiger charge is -2.18. The highest BCUT2D eigenvalue weighted by Gasteiger charge is 2.28. The van der Waals surface area contributed by atoms with Crippen molar-refractivity contribution < 1.29 is 23.1 Å². The summed E-state index contributed by atoms with van der Waals surface area (Å²) in [6.07, 6.45) is 1.43. The van der Waals surface area contributed by atoms with Crippen LogP contribution in [0.5, 0.6) is 0 Å². The number of aromatic nitrogens is 2. The Bertz CT molecular complexity index is 958. The average molecular weight is 394 g/mol. The molecule has 1 aromatic carbocycles. The summed E-state index contributed by atoms with van der Waals surface area (Å²) in [6.45, 7) is 4.73. The van der Waals surface area contributed by atoms with Gasteiger partial charge in [0.05, 0.1) is 4.90 Å². The lowest BCUT2D eigenvalue weighted by Crippen LogP contribution is -2.48. The third kappa shape index (κ3) is 4.72. The monoisotopic (exact) mass is 394 g/mol. The highest BCUT2D eigenvalue weighted by atomic mass is 32.2. The molecule has 0 bridgehead atoms. The van der Waals surface area contributed by atoms with Crippen LogP contribution in [0.3, 0.4) is 0 Å². The van der Waals surface area contributed by atoms with Crippen LogP contribution in [0.1, 0.15) is 27.2 Å². The summed E-state index contributed by atoms with van der Waals surface area (Å²) < 4.78 is 28.9. The summed E-state index contributed by atoms with van der Waals surface area (Å²) in [4.78, 5) is 23.6. The summed E-state index contributed by atoms with van der Waals surface area (Å²) in [5.74, 6) is -1.95. The molecule has 1 atom stereocenters. The van der Waals surface area contributed by atoms with Crippen molar-refractivity contribution in [1.29, 1.82) is 0 Å². The normalized spacial score (nSPS) is 12.6. The Balaban J connectivity index is 2.19. The first-order valence-electron chi connectivity index (χ1n) is 8.12. The second-order valence-electron chi connectivity index (χ2n) is 6.29. The van der Waals surface area contributed by atoms with Crippen LogP contribution in [0.25, 0.3) is 0 Å². The minimum atomic E-state index is -4.09. The first-order chi connectivity index (χ1) is 12.5. The maximum atomic E-state index is 12.7. The molecule has 9 nitrogen and oxygen atoms in total. The molecule has 0 unspecified atom stereocenters. The van der Waals surface area contributed by atoms with Gasteiger partial charge < -0.3 is 10.4 Å². The highest BCUT2D eigenvalue weighted by molar-refractivity contribution is 7.89. The SMILES string of the molecule is Cc1cc(C)c(S(=O)(=O)N[C@@H](CNC(=O)c2ccnn2C)C(=O)O)c(C)c1. The number of sulfonamides is 1. The first kappa shape index (κ1) is 20.6. The van der Waals surface area contributed by atoms with Gasteiger partial charge in [0.1, 0.15) is 11.7 Å². The number of carbonyl (C=O) groups is 2. The fraction of sp³-hybridized carbons (Fsp3) is 0.353. The molecule has 0 saturated carbocycles. The second-order valence-corrected chi connectivity index (χ2v) is 7.94. The van der Waals surface area contributed by atoms with Crippen LogP contribution in [-0.4, -0.2) is 47.8 Å². The molecule has 0 fully saturated rings. The van der Waals surface area contributed by atoms with Crippen LogP contribution in [-0.2, 0) is 21.9 Å². The van der Waals surface area contributed by atoms with Crippen molar-refractivity contribution >= 4 is 21.9 Å². The van der Waals surface area contributed by atoms with E-state index in [2.05, 4.69) is 15.1 Å². The van der Waals surface area contributed by atoms with Gasteiger partial charge in [0.25, 0.3) is 5.91 Å². The van der Waals surface area contributed by atoms with E-state index in [4.69, 9.17) is 0 Å². The van der Waals surface area contributed by atoms with E-state index in [1.165, 1.54) is 16.9 Å². The van der Waals surface area contributed by atoms with E-state index in [0.717, 1.165) is 5.56 Å². The minimum absolute atomic E-state index is 0.0392.